The Morgan fingerprint density at radius 1 is 1.39 bits per heavy atom. The van der Waals surface area contributed by atoms with E-state index in [2.05, 4.69) is 10.3 Å². The summed E-state index contributed by atoms with van der Waals surface area (Å²) in [5, 5.41) is 4.81. The number of aromatic nitrogens is 2. The molecule has 18 heavy (non-hydrogen) atoms. The molecule has 0 aliphatic rings. The summed E-state index contributed by atoms with van der Waals surface area (Å²) in [5.74, 6) is -0.0763. The minimum Gasteiger partial charge on any atom is -0.320 e. The molecule has 0 aliphatic heterocycles. The van der Waals surface area contributed by atoms with E-state index in [4.69, 9.17) is 0 Å². The van der Waals surface area contributed by atoms with E-state index in [1.807, 2.05) is 47.2 Å². The molecule has 4 nitrogen and oxygen atoms in total. The van der Waals surface area contributed by atoms with Crippen molar-refractivity contribution in [2.75, 3.05) is 5.32 Å². The first kappa shape index (κ1) is 11.0. The van der Waals surface area contributed by atoms with Crippen molar-refractivity contribution in [2.24, 2.45) is 0 Å². The van der Waals surface area contributed by atoms with Gasteiger partial charge in [0.25, 0.3) is 5.91 Å². The van der Waals surface area contributed by atoms with Gasteiger partial charge in [-0.15, -0.1) is 11.3 Å². The lowest BCUT2D eigenvalue weighted by molar-refractivity contribution is 0.103. The van der Waals surface area contributed by atoms with Crippen LogP contribution in [0.4, 0.5) is 5.69 Å². The Balaban J connectivity index is 1.95. The van der Waals surface area contributed by atoms with Gasteiger partial charge in [-0.3, -0.25) is 4.79 Å². The monoisotopic (exact) mass is 257 g/mol. The number of pyridine rings is 1. The van der Waals surface area contributed by atoms with E-state index in [1.165, 1.54) is 11.3 Å². The molecule has 0 aliphatic carbocycles. The second kappa shape index (κ2) is 4.27. The number of carbonyl (C=O) groups excluding carboxylic acids is 1. The standard InChI is InChI=1S/C13H11N3OS/c1-9-10(4-5-12-14-6-7-16(9)12)15-13(17)11-3-2-8-18-11/h2-8H,1H3,(H,15,17). The fourth-order valence-electron chi connectivity index (χ4n) is 1.85. The minimum absolute atomic E-state index is 0.0763. The molecule has 0 aromatic carbocycles. The molecule has 0 saturated heterocycles. The van der Waals surface area contributed by atoms with Gasteiger partial charge in [-0.25, -0.2) is 4.98 Å². The maximum absolute atomic E-state index is 12.0. The van der Waals surface area contributed by atoms with Crippen molar-refractivity contribution in [1.29, 1.82) is 0 Å². The summed E-state index contributed by atoms with van der Waals surface area (Å²) in [6.07, 6.45) is 3.62. The molecule has 90 valence electrons. The van der Waals surface area contributed by atoms with Crippen LogP contribution < -0.4 is 5.32 Å². The second-order valence-electron chi connectivity index (χ2n) is 3.92. The SMILES string of the molecule is Cc1c(NC(=O)c2cccs2)ccc2nccn12. The molecule has 0 saturated carbocycles. The average Bonchev–Trinajstić information content (AvgIpc) is 3.02. The molecular formula is C13H11N3OS. The lowest BCUT2D eigenvalue weighted by Crippen LogP contribution is -2.12. The third-order valence-corrected chi connectivity index (χ3v) is 3.68. The largest absolute Gasteiger partial charge is 0.320 e. The summed E-state index contributed by atoms with van der Waals surface area (Å²) in [4.78, 5) is 16.9. The molecule has 1 N–H and O–H groups in total. The van der Waals surface area contributed by atoms with Crippen LogP contribution in [0.5, 0.6) is 0 Å². The predicted molar refractivity (Wildman–Crippen MR) is 72.2 cm³/mol. The van der Waals surface area contributed by atoms with Crippen molar-refractivity contribution in [1.82, 2.24) is 9.38 Å². The van der Waals surface area contributed by atoms with Crippen LogP contribution in [0.25, 0.3) is 5.65 Å². The van der Waals surface area contributed by atoms with Crippen LogP contribution in [-0.4, -0.2) is 15.3 Å². The Bertz CT molecular complexity index is 700. The van der Waals surface area contributed by atoms with E-state index < -0.39 is 0 Å². The van der Waals surface area contributed by atoms with Crippen molar-refractivity contribution in [3.05, 3.63) is 52.6 Å². The highest BCUT2D eigenvalue weighted by atomic mass is 32.1. The van der Waals surface area contributed by atoms with E-state index in [0.717, 1.165) is 17.0 Å². The van der Waals surface area contributed by atoms with Crippen LogP contribution in [-0.2, 0) is 0 Å². The van der Waals surface area contributed by atoms with E-state index in [-0.39, 0.29) is 5.91 Å². The molecule has 0 bridgehead atoms. The van der Waals surface area contributed by atoms with Crippen LogP contribution in [0.15, 0.2) is 42.0 Å². The number of imidazole rings is 1. The predicted octanol–water partition coefficient (Wildman–Crippen LogP) is 2.96. The van der Waals surface area contributed by atoms with Crippen LogP contribution in [0.3, 0.4) is 0 Å². The Hall–Kier alpha value is -2.14. The lowest BCUT2D eigenvalue weighted by Gasteiger charge is -2.09. The zero-order chi connectivity index (χ0) is 12.5. The average molecular weight is 257 g/mol. The number of carbonyl (C=O) groups is 1. The summed E-state index contributed by atoms with van der Waals surface area (Å²) in [7, 11) is 0. The summed E-state index contributed by atoms with van der Waals surface area (Å²) in [6.45, 7) is 1.96. The van der Waals surface area contributed by atoms with Crippen LogP contribution in [0, 0.1) is 6.92 Å². The fraction of sp³-hybridized carbons (Fsp3) is 0.0769. The zero-order valence-corrected chi connectivity index (χ0v) is 10.6. The first-order chi connectivity index (χ1) is 8.75. The van der Waals surface area contributed by atoms with Gasteiger partial charge < -0.3 is 9.72 Å². The zero-order valence-electron chi connectivity index (χ0n) is 9.75. The summed E-state index contributed by atoms with van der Waals surface area (Å²) >= 11 is 1.43. The number of amides is 1. The van der Waals surface area contributed by atoms with E-state index in [0.29, 0.717) is 4.88 Å². The highest BCUT2D eigenvalue weighted by Crippen LogP contribution is 2.18. The number of anilines is 1. The summed E-state index contributed by atoms with van der Waals surface area (Å²) in [6, 6.07) is 7.44. The number of rotatable bonds is 2. The molecule has 0 atom stereocenters. The van der Waals surface area contributed by atoms with Crippen molar-refractivity contribution in [3.8, 4) is 0 Å². The number of hydrogen-bond acceptors (Lipinski definition) is 3. The normalized spacial score (nSPS) is 10.7. The van der Waals surface area contributed by atoms with Gasteiger partial charge in [-0.1, -0.05) is 6.07 Å². The molecule has 3 rings (SSSR count). The van der Waals surface area contributed by atoms with Crippen LogP contribution in [0.2, 0.25) is 0 Å². The molecule has 0 radical (unpaired) electrons. The minimum atomic E-state index is -0.0763. The third-order valence-electron chi connectivity index (χ3n) is 2.81. The van der Waals surface area contributed by atoms with E-state index >= 15 is 0 Å². The Morgan fingerprint density at radius 3 is 3.06 bits per heavy atom. The topological polar surface area (TPSA) is 46.4 Å². The quantitative estimate of drug-likeness (QED) is 0.767. The molecular weight excluding hydrogens is 246 g/mol. The van der Waals surface area contributed by atoms with Gasteiger partial charge in [0.05, 0.1) is 10.6 Å². The van der Waals surface area contributed by atoms with Crippen LogP contribution >= 0.6 is 11.3 Å². The maximum atomic E-state index is 12.0. The number of aryl methyl sites for hydroxylation is 1. The smallest absolute Gasteiger partial charge is 0.265 e. The fourth-order valence-corrected chi connectivity index (χ4v) is 2.47. The molecule has 5 heteroatoms. The first-order valence-corrected chi connectivity index (χ1v) is 6.41. The Labute approximate surface area is 108 Å². The highest BCUT2D eigenvalue weighted by Gasteiger charge is 2.10. The van der Waals surface area contributed by atoms with Crippen molar-refractivity contribution in [2.45, 2.75) is 6.92 Å². The van der Waals surface area contributed by atoms with Gasteiger partial charge in [-0.2, -0.15) is 0 Å². The third kappa shape index (κ3) is 1.78. The molecule has 3 heterocycles. The maximum Gasteiger partial charge on any atom is 0.265 e. The van der Waals surface area contributed by atoms with Gasteiger partial charge in [0.1, 0.15) is 5.65 Å². The highest BCUT2D eigenvalue weighted by molar-refractivity contribution is 7.12. The number of nitrogens with zero attached hydrogens (tertiary/aromatic N) is 2. The van der Waals surface area contributed by atoms with Crippen molar-refractivity contribution >= 4 is 28.6 Å². The van der Waals surface area contributed by atoms with Gasteiger partial charge in [0, 0.05) is 18.1 Å². The number of hydrogen-bond donors (Lipinski definition) is 1. The van der Waals surface area contributed by atoms with Gasteiger partial charge >= 0.3 is 0 Å². The number of nitrogens with one attached hydrogen (secondary N) is 1. The van der Waals surface area contributed by atoms with E-state index in [1.54, 1.807) is 6.20 Å². The molecule has 3 aromatic rings. The summed E-state index contributed by atoms with van der Waals surface area (Å²) in [5.41, 5.74) is 2.65. The molecule has 0 spiro atoms. The van der Waals surface area contributed by atoms with Crippen molar-refractivity contribution < 1.29 is 4.79 Å². The van der Waals surface area contributed by atoms with Gasteiger partial charge in [-0.05, 0) is 30.5 Å². The lowest BCUT2D eigenvalue weighted by atomic mass is 10.3. The van der Waals surface area contributed by atoms with Gasteiger partial charge in [0.15, 0.2) is 0 Å². The second-order valence-corrected chi connectivity index (χ2v) is 4.87. The van der Waals surface area contributed by atoms with Gasteiger partial charge in [0.2, 0.25) is 0 Å². The Kier molecular flexibility index (Phi) is 2.60. The van der Waals surface area contributed by atoms with E-state index in [9.17, 15) is 4.79 Å². The molecule has 3 aromatic heterocycles. The first-order valence-electron chi connectivity index (χ1n) is 5.53. The molecule has 0 unspecified atom stereocenters. The number of thiophene rings is 1. The molecule has 1 amide bonds. The van der Waals surface area contributed by atoms with Crippen molar-refractivity contribution in [3.63, 3.8) is 0 Å². The number of fused-ring (bicyclic) bond motifs is 1. The van der Waals surface area contributed by atoms with Crippen LogP contribution in [0.1, 0.15) is 15.4 Å². The molecule has 0 fully saturated rings. The Morgan fingerprint density at radius 2 is 2.28 bits per heavy atom. The summed E-state index contributed by atoms with van der Waals surface area (Å²) < 4.78 is 1.95.